The standard InChI is InChI=1S/C11H7F3N2O2/c1-18-11(17)9-4-8(15-16-9)10-6(13)2-5(12)3-7(10)14/h2-4H,1H3,(H,15,16). The Bertz CT molecular complexity index is 587. The smallest absolute Gasteiger partial charge is 0.356 e. The van der Waals surface area contributed by atoms with Crippen molar-refractivity contribution in [2.45, 2.75) is 0 Å². The van der Waals surface area contributed by atoms with Gasteiger partial charge in [0.2, 0.25) is 0 Å². The molecule has 0 fully saturated rings. The number of benzene rings is 1. The number of methoxy groups -OCH3 is 1. The molecule has 94 valence electrons. The molecule has 18 heavy (non-hydrogen) atoms. The Kier molecular flexibility index (Phi) is 3.05. The van der Waals surface area contributed by atoms with Crippen LogP contribution in [0.5, 0.6) is 0 Å². The van der Waals surface area contributed by atoms with Crippen molar-refractivity contribution in [2.24, 2.45) is 0 Å². The molecule has 0 saturated carbocycles. The van der Waals surface area contributed by atoms with E-state index >= 15 is 0 Å². The van der Waals surface area contributed by atoms with Gasteiger partial charge in [-0.15, -0.1) is 0 Å². The molecule has 2 aromatic rings. The fourth-order valence-corrected chi connectivity index (χ4v) is 1.45. The molecule has 1 aromatic heterocycles. The topological polar surface area (TPSA) is 55.0 Å². The van der Waals surface area contributed by atoms with Gasteiger partial charge in [0.1, 0.15) is 23.1 Å². The second kappa shape index (κ2) is 4.52. The van der Waals surface area contributed by atoms with E-state index in [-0.39, 0.29) is 11.4 Å². The van der Waals surface area contributed by atoms with Crippen LogP contribution in [-0.4, -0.2) is 23.3 Å². The second-order valence-corrected chi connectivity index (χ2v) is 3.40. The summed E-state index contributed by atoms with van der Waals surface area (Å²) in [6, 6.07) is 2.18. The number of esters is 1. The lowest BCUT2D eigenvalue weighted by Crippen LogP contribution is -2.00. The highest BCUT2D eigenvalue weighted by molar-refractivity contribution is 5.88. The van der Waals surface area contributed by atoms with E-state index in [1.807, 2.05) is 0 Å². The molecule has 0 aliphatic carbocycles. The van der Waals surface area contributed by atoms with Gasteiger partial charge in [-0.05, 0) is 6.07 Å². The van der Waals surface area contributed by atoms with E-state index in [0.29, 0.717) is 12.1 Å². The summed E-state index contributed by atoms with van der Waals surface area (Å²) in [4.78, 5) is 11.1. The summed E-state index contributed by atoms with van der Waals surface area (Å²) in [6.45, 7) is 0. The van der Waals surface area contributed by atoms with E-state index in [1.165, 1.54) is 0 Å². The number of aromatic amines is 1. The van der Waals surface area contributed by atoms with Gasteiger partial charge in [0.05, 0.1) is 18.4 Å². The zero-order chi connectivity index (χ0) is 13.3. The van der Waals surface area contributed by atoms with Crippen molar-refractivity contribution >= 4 is 5.97 Å². The van der Waals surface area contributed by atoms with Crippen molar-refractivity contribution < 1.29 is 22.7 Å². The molecule has 1 N–H and O–H groups in total. The highest BCUT2D eigenvalue weighted by Gasteiger charge is 2.18. The van der Waals surface area contributed by atoms with Crippen LogP contribution in [0.15, 0.2) is 18.2 Å². The molecule has 2 rings (SSSR count). The lowest BCUT2D eigenvalue weighted by atomic mass is 10.1. The highest BCUT2D eigenvalue weighted by Crippen LogP contribution is 2.25. The molecule has 0 aliphatic rings. The lowest BCUT2D eigenvalue weighted by molar-refractivity contribution is 0.0594. The van der Waals surface area contributed by atoms with E-state index < -0.39 is 29.0 Å². The summed E-state index contributed by atoms with van der Waals surface area (Å²) in [6.07, 6.45) is 0. The van der Waals surface area contributed by atoms with Gasteiger partial charge in [-0.25, -0.2) is 18.0 Å². The van der Waals surface area contributed by atoms with Crippen molar-refractivity contribution in [1.82, 2.24) is 10.2 Å². The second-order valence-electron chi connectivity index (χ2n) is 3.40. The predicted octanol–water partition coefficient (Wildman–Crippen LogP) is 2.28. The molecule has 0 bridgehead atoms. The normalized spacial score (nSPS) is 10.4. The Morgan fingerprint density at radius 1 is 1.22 bits per heavy atom. The maximum absolute atomic E-state index is 13.4. The van der Waals surface area contributed by atoms with E-state index in [0.717, 1.165) is 13.2 Å². The van der Waals surface area contributed by atoms with E-state index in [1.54, 1.807) is 0 Å². The van der Waals surface area contributed by atoms with Gasteiger partial charge < -0.3 is 4.74 Å². The summed E-state index contributed by atoms with van der Waals surface area (Å²) < 4.78 is 44.0. The maximum atomic E-state index is 13.4. The zero-order valence-corrected chi connectivity index (χ0v) is 9.13. The molecule has 7 heteroatoms. The van der Waals surface area contributed by atoms with Gasteiger partial charge in [0.15, 0.2) is 0 Å². The Labute approximate surface area is 99.4 Å². The van der Waals surface area contributed by atoms with Crippen molar-refractivity contribution in [3.05, 3.63) is 41.3 Å². The van der Waals surface area contributed by atoms with Crippen LogP contribution in [0.25, 0.3) is 11.3 Å². The first-order valence-electron chi connectivity index (χ1n) is 4.81. The lowest BCUT2D eigenvalue weighted by Gasteiger charge is -2.01. The zero-order valence-electron chi connectivity index (χ0n) is 9.13. The number of nitrogens with one attached hydrogen (secondary N) is 1. The number of carbonyl (C=O) groups excluding carboxylic acids is 1. The van der Waals surface area contributed by atoms with Gasteiger partial charge in [0.25, 0.3) is 0 Å². The van der Waals surface area contributed by atoms with Crippen LogP contribution in [0.2, 0.25) is 0 Å². The minimum Gasteiger partial charge on any atom is -0.464 e. The number of nitrogens with zero attached hydrogens (tertiary/aromatic N) is 1. The van der Waals surface area contributed by atoms with Crippen LogP contribution < -0.4 is 0 Å². The molecular formula is C11H7F3N2O2. The summed E-state index contributed by atoms with van der Waals surface area (Å²) in [5.41, 5.74) is -0.719. The third kappa shape index (κ3) is 2.06. The minimum absolute atomic E-state index is 0.0596. The Morgan fingerprint density at radius 3 is 2.39 bits per heavy atom. The van der Waals surface area contributed by atoms with Crippen LogP contribution >= 0.6 is 0 Å². The number of H-pyrrole nitrogens is 1. The van der Waals surface area contributed by atoms with Crippen LogP contribution in [0.3, 0.4) is 0 Å². The number of rotatable bonds is 2. The van der Waals surface area contributed by atoms with Crippen molar-refractivity contribution in [1.29, 1.82) is 0 Å². The van der Waals surface area contributed by atoms with Crippen molar-refractivity contribution in [3.8, 4) is 11.3 Å². The summed E-state index contributed by atoms with van der Waals surface area (Å²) in [5, 5.41) is 5.85. The molecule has 1 aromatic carbocycles. The van der Waals surface area contributed by atoms with Crippen LogP contribution in [0.1, 0.15) is 10.5 Å². The Morgan fingerprint density at radius 2 is 1.83 bits per heavy atom. The molecular weight excluding hydrogens is 249 g/mol. The number of carbonyl (C=O) groups is 1. The maximum Gasteiger partial charge on any atom is 0.356 e. The van der Waals surface area contributed by atoms with Gasteiger partial charge >= 0.3 is 5.97 Å². The fraction of sp³-hybridized carbons (Fsp3) is 0.0909. The largest absolute Gasteiger partial charge is 0.464 e. The first-order valence-corrected chi connectivity index (χ1v) is 4.81. The quantitative estimate of drug-likeness (QED) is 0.838. The number of ether oxygens (including phenoxy) is 1. The van der Waals surface area contributed by atoms with Crippen molar-refractivity contribution in [2.75, 3.05) is 7.11 Å². The summed E-state index contributed by atoms with van der Waals surface area (Å²) >= 11 is 0. The van der Waals surface area contributed by atoms with Gasteiger partial charge in [0, 0.05) is 12.1 Å². The molecule has 0 saturated heterocycles. The van der Waals surface area contributed by atoms with E-state index in [2.05, 4.69) is 14.9 Å². The highest BCUT2D eigenvalue weighted by atomic mass is 19.1. The van der Waals surface area contributed by atoms with Crippen LogP contribution in [0, 0.1) is 17.5 Å². The molecule has 0 aliphatic heterocycles. The molecule has 0 unspecified atom stereocenters. The van der Waals surface area contributed by atoms with E-state index in [4.69, 9.17) is 0 Å². The van der Waals surface area contributed by atoms with Crippen molar-refractivity contribution in [3.63, 3.8) is 0 Å². The molecule has 4 nitrogen and oxygen atoms in total. The third-order valence-electron chi connectivity index (χ3n) is 2.25. The van der Waals surface area contributed by atoms with Gasteiger partial charge in [-0.2, -0.15) is 5.10 Å². The number of hydrogen-bond donors (Lipinski definition) is 1. The first kappa shape index (κ1) is 12.2. The average Bonchev–Trinajstić information content (AvgIpc) is 2.76. The van der Waals surface area contributed by atoms with Gasteiger partial charge in [-0.1, -0.05) is 0 Å². The molecule has 0 radical (unpaired) electrons. The molecule has 0 spiro atoms. The predicted molar refractivity (Wildman–Crippen MR) is 55.2 cm³/mol. The monoisotopic (exact) mass is 256 g/mol. The first-order chi connectivity index (χ1) is 8.52. The SMILES string of the molecule is COC(=O)c1cc(-c2c(F)cc(F)cc2F)n[nH]1. The molecule has 0 amide bonds. The number of hydrogen-bond acceptors (Lipinski definition) is 3. The minimum atomic E-state index is -1.10. The number of halogens is 3. The van der Waals surface area contributed by atoms with E-state index in [9.17, 15) is 18.0 Å². The molecule has 1 heterocycles. The summed E-state index contributed by atoms with van der Waals surface area (Å²) in [7, 11) is 1.15. The Hall–Kier alpha value is -2.31. The summed E-state index contributed by atoms with van der Waals surface area (Å²) in [5.74, 6) is -3.96. The third-order valence-corrected chi connectivity index (χ3v) is 2.25. The average molecular weight is 256 g/mol. The fourth-order valence-electron chi connectivity index (χ4n) is 1.45. The Balaban J connectivity index is 2.49. The van der Waals surface area contributed by atoms with Gasteiger partial charge in [-0.3, -0.25) is 5.10 Å². The number of aromatic nitrogens is 2. The molecule has 0 atom stereocenters. The van der Waals surface area contributed by atoms with Crippen LogP contribution in [0.4, 0.5) is 13.2 Å². The van der Waals surface area contributed by atoms with Crippen LogP contribution in [-0.2, 0) is 4.74 Å².